The number of rotatable bonds is 5. The lowest BCUT2D eigenvalue weighted by atomic mass is 10.0. The SMILES string of the molecule is CC[C@@H](C)Oc1ccc(/C=C2\C(=O)NC(=S)N(c3cccc(C)c3C)C2=O)cc1Br. The molecule has 1 aliphatic rings. The minimum Gasteiger partial charge on any atom is -0.490 e. The van der Waals surface area contributed by atoms with Crippen LogP contribution in [0.15, 0.2) is 46.4 Å². The Morgan fingerprint density at radius 3 is 2.63 bits per heavy atom. The average Bonchev–Trinajstić information content (AvgIpc) is 2.70. The number of benzene rings is 2. The smallest absolute Gasteiger partial charge is 0.270 e. The van der Waals surface area contributed by atoms with Gasteiger partial charge in [-0.3, -0.25) is 19.8 Å². The summed E-state index contributed by atoms with van der Waals surface area (Å²) in [5.74, 6) is -0.250. The first kappa shape index (κ1) is 22.2. The molecule has 0 unspecified atom stereocenters. The van der Waals surface area contributed by atoms with Crippen LogP contribution in [0.1, 0.15) is 37.0 Å². The third-order valence-corrected chi connectivity index (χ3v) is 5.99. The van der Waals surface area contributed by atoms with Crippen LogP contribution >= 0.6 is 28.1 Å². The van der Waals surface area contributed by atoms with E-state index in [0.717, 1.165) is 22.0 Å². The Kier molecular flexibility index (Phi) is 6.73. The van der Waals surface area contributed by atoms with Crippen LogP contribution < -0.4 is 15.0 Å². The fourth-order valence-corrected chi connectivity index (χ4v) is 3.79. The normalized spacial score (nSPS) is 16.6. The number of amides is 2. The molecule has 1 saturated heterocycles. The minimum atomic E-state index is -0.511. The van der Waals surface area contributed by atoms with Gasteiger partial charge in [0, 0.05) is 0 Å². The predicted octanol–water partition coefficient (Wildman–Crippen LogP) is 5.07. The molecule has 0 spiro atoms. The minimum absolute atomic E-state index is 0.0204. The van der Waals surface area contributed by atoms with E-state index in [1.54, 1.807) is 6.08 Å². The number of anilines is 1. The first-order chi connectivity index (χ1) is 14.2. The van der Waals surface area contributed by atoms with E-state index in [9.17, 15) is 9.59 Å². The van der Waals surface area contributed by atoms with Crippen molar-refractivity contribution in [1.29, 1.82) is 0 Å². The van der Waals surface area contributed by atoms with Crippen LogP contribution in [0.25, 0.3) is 6.08 Å². The van der Waals surface area contributed by atoms with Crippen molar-refractivity contribution < 1.29 is 14.3 Å². The highest BCUT2D eigenvalue weighted by molar-refractivity contribution is 9.10. The fourth-order valence-electron chi connectivity index (χ4n) is 3.02. The second-order valence-corrected chi connectivity index (χ2v) is 8.44. The number of hydrogen-bond acceptors (Lipinski definition) is 4. The molecule has 156 valence electrons. The standard InChI is InChI=1S/C23H23BrN2O3S/c1-5-14(3)29-20-10-9-16(12-18(20)24)11-17-21(27)25-23(30)26(22(17)28)19-8-6-7-13(2)15(19)4/h6-12,14H,5H2,1-4H3,(H,25,27,30)/b17-11+/t14-/m1/s1. The van der Waals surface area contributed by atoms with Crippen molar-refractivity contribution in [1.82, 2.24) is 5.32 Å². The van der Waals surface area contributed by atoms with E-state index in [1.807, 2.05) is 57.2 Å². The van der Waals surface area contributed by atoms with Gasteiger partial charge in [0.05, 0.1) is 16.3 Å². The fraction of sp³-hybridized carbons (Fsp3) is 0.261. The second-order valence-electron chi connectivity index (χ2n) is 7.20. The summed E-state index contributed by atoms with van der Waals surface area (Å²) < 4.78 is 6.61. The van der Waals surface area contributed by atoms with E-state index >= 15 is 0 Å². The summed E-state index contributed by atoms with van der Waals surface area (Å²) in [5, 5.41) is 2.71. The molecule has 3 rings (SSSR count). The number of carbonyl (C=O) groups is 2. The Bertz CT molecular complexity index is 1060. The number of aryl methyl sites for hydroxylation is 1. The molecule has 0 saturated carbocycles. The molecule has 7 heteroatoms. The van der Waals surface area contributed by atoms with E-state index in [0.29, 0.717) is 17.0 Å². The molecule has 2 amide bonds. The van der Waals surface area contributed by atoms with E-state index in [2.05, 4.69) is 28.2 Å². The highest BCUT2D eigenvalue weighted by atomic mass is 79.9. The van der Waals surface area contributed by atoms with Crippen molar-refractivity contribution in [2.75, 3.05) is 4.90 Å². The highest BCUT2D eigenvalue weighted by Crippen LogP contribution is 2.30. The lowest BCUT2D eigenvalue weighted by Crippen LogP contribution is -2.54. The molecule has 1 aliphatic heterocycles. The van der Waals surface area contributed by atoms with Gasteiger partial charge in [0.15, 0.2) is 5.11 Å². The van der Waals surface area contributed by atoms with Crippen molar-refractivity contribution in [3.8, 4) is 5.75 Å². The Morgan fingerprint density at radius 2 is 1.97 bits per heavy atom. The quantitative estimate of drug-likeness (QED) is 0.363. The zero-order chi connectivity index (χ0) is 22.0. The molecule has 2 aromatic carbocycles. The van der Waals surface area contributed by atoms with Crippen LogP contribution in [-0.4, -0.2) is 23.0 Å². The number of nitrogens with zero attached hydrogens (tertiary/aromatic N) is 1. The van der Waals surface area contributed by atoms with Gasteiger partial charge in [-0.2, -0.15) is 0 Å². The summed E-state index contributed by atoms with van der Waals surface area (Å²) >= 11 is 8.80. The molecule has 0 aliphatic carbocycles. The number of halogens is 1. The van der Waals surface area contributed by atoms with Gasteiger partial charge in [0.25, 0.3) is 11.8 Å². The molecule has 0 radical (unpaired) electrons. The molecule has 0 bridgehead atoms. The Morgan fingerprint density at radius 1 is 1.23 bits per heavy atom. The van der Waals surface area contributed by atoms with Gasteiger partial charge in [-0.15, -0.1) is 0 Å². The van der Waals surface area contributed by atoms with Crippen LogP contribution in [-0.2, 0) is 9.59 Å². The number of ether oxygens (including phenoxy) is 1. The molecule has 0 aromatic heterocycles. The van der Waals surface area contributed by atoms with Crippen molar-refractivity contribution in [2.24, 2.45) is 0 Å². The van der Waals surface area contributed by atoms with Gasteiger partial charge >= 0.3 is 0 Å². The van der Waals surface area contributed by atoms with Crippen molar-refractivity contribution in [3.05, 3.63) is 63.1 Å². The first-order valence-corrected chi connectivity index (χ1v) is 10.9. The summed E-state index contributed by atoms with van der Waals surface area (Å²) in [4.78, 5) is 27.1. The molecular formula is C23H23BrN2O3S. The largest absolute Gasteiger partial charge is 0.490 e. The maximum absolute atomic E-state index is 13.2. The molecule has 30 heavy (non-hydrogen) atoms. The van der Waals surface area contributed by atoms with E-state index in [-0.39, 0.29) is 16.8 Å². The number of carbonyl (C=O) groups excluding carboxylic acids is 2. The zero-order valence-electron chi connectivity index (χ0n) is 17.3. The van der Waals surface area contributed by atoms with Crippen LogP contribution in [0.4, 0.5) is 5.69 Å². The predicted molar refractivity (Wildman–Crippen MR) is 127 cm³/mol. The van der Waals surface area contributed by atoms with Gasteiger partial charge in [-0.1, -0.05) is 25.1 Å². The zero-order valence-corrected chi connectivity index (χ0v) is 19.7. The van der Waals surface area contributed by atoms with Crippen LogP contribution in [0, 0.1) is 13.8 Å². The summed E-state index contributed by atoms with van der Waals surface area (Å²) in [7, 11) is 0. The molecule has 5 nitrogen and oxygen atoms in total. The Balaban J connectivity index is 1.97. The van der Waals surface area contributed by atoms with Crippen molar-refractivity contribution in [2.45, 2.75) is 40.2 Å². The van der Waals surface area contributed by atoms with E-state index in [1.165, 1.54) is 4.90 Å². The lowest BCUT2D eigenvalue weighted by Gasteiger charge is -2.30. The molecule has 1 N–H and O–H groups in total. The van der Waals surface area contributed by atoms with Crippen LogP contribution in [0.5, 0.6) is 5.75 Å². The Hall–Kier alpha value is -2.51. The van der Waals surface area contributed by atoms with Crippen molar-refractivity contribution in [3.63, 3.8) is 0 Å². The summed E-state index contributed by atoms with van der Waals surface area (Å²) in [6, 6.07) is 11.1. The number of nitrogens with one attached hydrogen (secondary N) is 1. The number of hydrogen-bond donors (Lipinski definition) is 1. The summed E-state index contributed by atoms with van der Waals surface area (Å²) in [6.07, 6.45) is 2.54. The average molecular weight is 487 g/mol. The maximum Gasteiger partial charge on any atom is 0.270 e. The van der Waals surface area contributed by atoms with Gasteiger partial charge < -0.3 is 4.74 Å². The van der Waals surface area contributed by atoms with Crippen LogP contribution in [0.2, 0.25) is 0 Å². The number of thiocarbonyl (C=S) groups is 1. The molecule has 1 atom stereocenters. The van der Waals surface area contributed by atoms with Crippen molar-refractivity contribution >= 4 is 56.8 Å². The summed E-state index contributed by atoms with van der Waals surface area (Å²) in [5.41, 5.74) is 3.34. The van der Waals surface area contributed by atoms with Gasteiger partial charge in [-0.05, 0) is 96.3 Å². The third kappa shape index (κ3) is 4.47. The molecule has 2 aromatic rings. The maximum atomic E-state index is 13.2. The topological polar surface area (TPSA) is 58.6 Å². The lowest BCUT2D eigenvalue weighted by molar-refractivity contribution is -0.122. The van der Waals surface area contributed by atoms with Crippen LogP contribution in [0.3, 0.4) is 0 Å². The first-order valence-electron chi connectivity index (χ1n) is 9.66. The van der Waals surface area contributed by atoms with E-state index in [4.69, 9.17) is 17.0 Å². The third-order valence-electron chi connectivity index (χ3n) is 5.09. The Labute approximate surface area is 190 Å². The van der Waals surface area contributed by atoms with Gasteiger partial charge in [0.1, 0.15) is 11.3 Å². The molecule has 1 fully saturated rings. The second kappa shape index (κ2) is 9.10. The molecular weight excluding hydrogens is 464 g/mol. The van der Waals surface area contributed by atoms with Gasteiger partial charge in [-0.25, -0.2) is 0 Å². The monoisotopic (exact) mass is 486 g/mol. The summed E-state index contributed by atoms with van der Waals surface area (Å²) in [6.45, 7) is 7.94. The van der Waals surface area contributed by atoms with E-state index < -0.39 is 11.8 Å². The molecule has 1 heterocycles. The highest BCUT2D eigenvalue weighted by Gasteiger charge is 2.35. The van der Waals surface area contributed by atoms with Gasteiger partial charge in [0.2, 0.25) is 0 Å².